The van der Waals surface area contributed by atoms with E-state index in [0.717, 1.165) is 47.6 Å². The lowest BCUT2D eigenvalue weighted by Crippen LogP contribution is -2.60. The lowest BCUT2D eigenvalue weighted by molar-refractivity contribution is -0.0127. The summed E-state index contributed by atoms with van der Waals surface area (Å²) in [4.78, 5) is 12.6. The molecule has 2 N–H and O–H groups in total. The van der Waals surface area contributed by atoms with Crippen LogP contribution in [0.15, 0.2) is 36.5 Å². The number of benzene rings is 1. The van der Waals surface area contributed by atoms with Crippen LogP contribution in [0.1, 0.15) is 44.1 Å². The van der Waals surface area contributed by atoms with Crippen molar-refractivity contribution < 1.29 is 4.79 Å². The van der Waals surface area contributed by atoms with E-state index < -0.39 is 0 Å². The van der Waals surface area contributed by atoms with Crippen molar-refractivity contribution in [2.45, 2.75) is 50.6 Å². The van der Waals surface area contributed by atoms with Gasteiger partial charge in [0.25, 0.3) is 0 Å². The van der Waals surface area contributed by atoms with Crippen LogP contribution in [-0.2, 0) is 6.54 Å². The van der Waals surface area contributed by atoms with Gasteiger partial charge in [-0.2, -0.15) is 5.10 Å². The summed E-state index contributed by atoms with van der Waals surface area (Å²) in [6.45, 7) is 0.581. The molecular weight excluding hydrogens is 360 g/mol. The lowest BCUT2D eigenvalue weighted by atomic mass is 9.53. The van der Waals surface area contributed by atoms with E-state index in [-0.39, 0.29) is 11.6 Å². The summed E-state index contributed by atoms with van der Waals surface area (Å²) in [6.07, 6.45) is 9.41. The minimum atomic E-state index is -0.125. The first kappa shape index (κ1) is 17.1. The van der Waals surface area contributed by atoms with Crippen LogP contribution in [0.2, 0.25) is 5.02 Å². The zero-order valence-electron chi connectivity index (χ0n) is 15.3. The van der Waals surface area contributed by atoms with E-state index in [0.29, 0.717) is 12.4 Å². The molecular formula is C21H25ClN4O. The van der Waals surface area contributed by atoms with Gasteiger partial charge in [-0.3, -0.25) is 10.00 Å². The van der Waals surface area contributed by atoms with Gasteiger partial charge in [-0.15, -0.1) is 0 Å². The second-order valence-electron chi connectivity index (χ2n) is 8.77. The highest BCUT2D eigenvalue weighted by Crippen LogP contribution is 2.55. The van der Waals surface area contributed by atoms with Gasteiger partial charge in [0.05, 0.1) is 6.54 Å². The predicted molar refractivity (Wildman–Crippen MR) is 106 cm³/mol. The smallest absolute Gasteiger partial charge is 0.320 e. The molecule has 4 bridgehead atoms. The molecule has 5 nitrogen and oxygen atoms in total. The lowest BCUT2D eigenvalue weighted by Gasteiger charge is -2.56. The molecule has 0 spiro atoms. The summed E-state index contributed by atoms with van der Waals surface area (Å²) in [6, 6.07) is 9.44. The Balaban J connectivity index is 1.22. The topological polar surface area (TPSA) is 59.0 Å². The van der Waals surface area contributed by atoms with Crippen LogP contribution in [-0.4, -0.2) is 21.4 Å². The van der Waals surface area contributed by atoms with Crippen LogP contribution in [0.3, 0.4) is 0 Å². The number of amides is 2. The normalized spacial score (nSPS) is 31.1. The highest BCUT2D eigenvalue weighted by atomic mass is 35.5. The molecule has 6 heteroatoms. The number of carbonyl (C=O) groups excluding carboxylic acids is 1. The molecule has 4 saturated carbocycles. The minimum Gasteiger partial charge on any atom is -0.332 e. The van der Waals surface area contributed by atoms with Crippen LogP contribution in [0.4, 0.5) is 10.6 Å². The summed E-state index contributed by atoms with van der Waals surface area (Å²) in [7, 11) is 0. The first-order valence-electron chi connectivity index (χ1n) is 9.93. The van der Waals surface area contributed by atoms with Gasteiger partial charge >= 0.3 is 6.03 Å². The Morgan fingerprint density at radius 2 is 1.78 bits per heavy atom. The molecule has 2 amide bonds. The first-order valence-corrected chi connectivity index (χ1v) is 10.3. The fraction of sp³-hybridized carbons (Fsp3) is 0.524. The Kier molecular flexibility index (Phi) is 4.15. The Labute approximate surface area is 164 Å². The summed E-state index contributed by atoms with van der Waals surface area (Å²) in [5.41, 5.74) is 1.02. The summed E-state index contributed by atoms with van der Waals surface area (Å²) in [5, 5.41) is 11.4. The van der Waals surface area contributed by atoms with Crippen LogP contribution in [0.5, 0.6) is 0 Å². The highest BCUT2D eigenvalue weighted by molar-refractivity contribution is 6.31. The van der Waals surface area contributed by atoms with Crippen molar-refractivity contribution in [3.05, 3.63) is 47.1 Å². The van der Waals surface area contributed by atoms with Crippen molar-refractivity contribution in [2.24, 2.45) is 17.8 Å². The van der Waals surface area contributed by atoms with Gasteiger partial charge in [0.2, 0.25) is 0 Å². The molecule has 0 aliphatic heterocycles. The van der Waals surface area contributed by atoms with Crippen LogP contribution >= 0.6 is 11.6 Å². The molecule has 1 aromatic heterocycles. The third kappa shape index (κ3) is 3.45. The second kappa shape index (κ2) is 6.55. The summed E-state index contributed by atoms with van der Waals surface area (Å²) >= 11 is 6.22. The summed E-state index contributed by atoms with van der Waals surface area (Å²) < 4.78 is 1.79. The quantitative estimate of drug-likeness (QED) is 0.804. The largest absolute Gasteiger partial charge is 0.332 e. The number of carbonyl (C=O) groups is 1. The van der Waals surface area contributed by atoms with Crippen molar-refractivity contribution in [2.75, 3.05) is 5.32 Å². The number of hydrogen-bond acceptors (Lipinski definition) is 2. The molecule has 142 valence electrons. The fourth-order valence-electron chi connectivity index (χ4n) is 5.97. The van der Waals surface area contributed by atoms with Gasteiger partial charge in [-0.05, 0) is 67.9 Å². The average Bonchev–Trinajstić information content (AvgIpc) is 3.02. The highest BCUT2D eigenvalue weighted by Gasteiger charge is 2.51. The van der Waals surface area contributed by atoms with E-state index in [2.05, 4.69) is 15.7 Å². The molecule has 4 aliphatic rings. The van der Waals surface area contributed by atoms with Crippen molar-refractivity contribution in [1.82, 2.24) is 15.1 Å². The average molecular weight is 385 g/mol. The van der Waals surface area contributed by atoms with Gasteiger partial charge in [0, 0.05) is 22.8 Å². The van der Waals surface area contributed by atoms with Crippen molar-refractivity contribution >= 4 is 23.4 Å². The summed E-state index contributed by atoms with van der Waals surface area (Å²) in [5.74, 6) is 3.01. The molecule has 4 aliphatic carbocycles. The number of aromatic nitrogens is 2. The third-order valence-corrected chi connectivity index (χ3v) is 6.96. The standard InChI is InChI=1S/C21H25ClN4O/c22-18-4-2-1-3-17(18)13-26-6-5-19(25-26)23-20(27)24-21-10-14-7-15(11-21)9-16(8-14)12-21/h1-6,14-16H,7-13H2,(H2,23,24,25,27). The maximum atomic E-state index is 12.6. The monoisotopic (exact) mass is 384 g/mol. The van der Waals surface area contributed by atoms with Crippen LogP contribution in [0.25, 0.3) is 0 Å². The number of anilines is 1. The van der Waals surface area contributed by atoms with Gasteiger partial charge in [-0.1, -0.05) is 29.8 Å². The number of urea groups is 1. The number of nitrogens with zero attached hydrogens (tertiary/aromatic N) is 2. The number of halogens is 1. The van der Waals surface area contributed by atoms with Crippen molar-refractivity contribution in [3.63, 3.8) is 0 Å². The molecule has 4 fully saturated rings. The van der Waals surface area contributed by atoms with Gasteiger partial charge in [0.15, 0.2) is 5.82 Å². The zero-order chi connectivity index (χ0) is 18.4. The second-order valence-corrected chi connectivity index (χ2v) is 9.17. The molecule has 0 saturated heterocycles. The van der Waals surface area contributed by atoms with E-state index in [1.54, 1.807) is 4.68 Å². The third-order valence-electron chi connectivity index (χ3n) is 6.59. The molecule has 2 aromatic rings. The molecule has 1 heterocycles. The van der Waals surface area contributed by atoms with Crippen molar-refractivity contribution in [1.29, 1.82) is 0 Å². The Morgan fingerprint density at radius 1 is 1.11 bits per heavy atom. The molecule has 0 atom stereocenters. The fourth-order valence-corrected chi connectivity index (χ4v) is 6.17. The molecule has 1 aromatic carbocycles. The first-order chi connectivity index (χ1) is 13.1. The minimum absolute atomic E-state index is 0.0129. The van der Waals surface area contributed by atoms with Crippen LogP contribution < -0.4 is 10.6 Å². The van der Waals surface area contributed by atoms with Crippen molar-refractivity contribution in [3.8, 4) is 0 Å². The molecule has 0 radical (unpaired) electrons. The predicted octanol–water partition coefficient (Wildman–Crippen LogP) is 4.68. The number of rotatable bonds is 4. The number of nitrogens with one attached hydrogen (secondary N) is 2. The number of hydrogen-bond donors (Lipinski definition) is 2. The zero-order valence-corrected chi connectivity index (χ0v) is 16.1. The molecule has 27 heavy (non-hydrogen) atoms. The maximum Gasteiger partial charge on any atom is 0.320 e. The van der Waals surface area contributed by atoms with Gasteiger partial charge in [-0.25, -0.2) is 4.79 Å². The SMILES string of the molecule is O=C(Nc1ccn(Cc2ccccc2Cl)n1)NC12CC3CC(CC(C3)C1)C2. The van der Waals surface area contributed by atoms with E-state index in [4.69, 9.17) is 11.6 Å². The van der Waals surface area contributed by atoms with E-state index in [9.17, 15) is 4.79 Å². The molecule has 0 unspecified atom stereocenters. The van der Waals surface area contributed by atoms with Gasteiger partial charge in [0.1, 0.15) is 0 Å². The Bertz CT molecular complexity index is 826. The Morgan fingerprint density at radius 3 is 2.44 bits per heavy atom. The van der Waals surface area contributed by atoms with Crippen LogP contribution in [0, 0.1) is 17.8 Å². The maximum absolute atomic E-state index is 12.6. The van der Waals surface area contributed by atoms with E-state index >= 15 is 0 Å². The molecule has 6 rings (SSSR count). The Hall–Kier alpha value is -2.01. The van der Waals surface area contributed by atoms with E-state index in [1.165, 1.54) is 19.3 Å². The van der Waals surface area contributed by atoms with E-state index in [1.807, 2.05) is 36.5 Å². The van der Waals surface area contributed by atoms with Gasteiger partial charge < -0.3 is 5.32 Å².